The zero-order valence-corrected chi connectivity index (χ0v) is 11.6. The average Bonchev–Trinajstić information content (AvgIpc) is 2.28. The number of unbranched alkanes of at least 4 members (excludes halogenated alkanes) is 2. The van der Waals surface area contributed by atoms with Crippen LogP contribution in [0.15, 0.2) is 6.07 Å². The molecule has 17 heavy (non-hydrogen) atoms. The highest BCUT2D eigenvalue weighted by Crippen LogP contribution is 2.11. The van der Waals surface area contributed by atoms with Crippen LogP contribution < -0.4 is 5.32 Å². The van der Waals surface area contributed by atoms with E-state index in [0.29, 0.717) is 6.04 Å². The Labute approximate surface area is 105 Å². The van der Waals surface area contributed by atoms with E-state index in [2.05, 4.69) is 42.1 Å². The van der Waals surface area contributed by atoms with Crippen LogP contribution in [0, 0.1) is 6.92 Å². The fraction of sp³-hybridized carbons (Fsp3) is 0.714. The van der Waals surface area contributed by atoms with Crippen molar-refractivity contribution in [1.29, 1.82) is 0 Å². The molecular formula is C14H25N3. The summed E-state index contributed by atoms with van der Waals surface area (Å²) in [6.45, 7) is 8.53. The first-order valence-electron chi connectivity index (χ1n) is 6.76. The maximum Gasteiger partial charge on any atom is 0.130 e. The van der Waals surface area contributed by atoms with Gasteiger partial charge in [-0.2, -0.15) is 0 Å². The third kappa shape index (κ3) is 5.16. The summed E-state index contributed by atoms with van der Waals surface area (Å²) in [6.07, 6.45) is 6.05. The molecule has 3 heteroatoms. The van der Waals surface area contributed by atoms with Gasteiger partial charge in [0, 0.05) is 17.8 Å². The number of nitrogens with zero attached hydrogens (tertiary/aromatic N) is 2. The molecule has 1 rings (SSSR count). The molecule has 0 aliphatic carbocycles. The minimum atomic E-state index is 0.487. The maximum atomic E-state index is 4.43. The fourth-order valence-corrected chi connectivity index (χ4v) is 1.91. The van der Waals surface area contributed by atoms with Crippen molar-refractivity contribution in [2.75, 3.05) is 5.32 Å². The van der Waals surface area contributed by atoms with Crippen molar-refractivity contribution in [3.8, 4) is 0 Å². The summed E-state index contributed by atoms with van der Waals surface area (Å²) in [6, 6.07) is 2.55. The predicted octanol–water partition coefficient (Wildman–Crippen LogP) is 3.73. The van der Waals surface area contributed by atoms with Crippen molar-refractivity contribution in [2.45, 2.75) is 65.8 Å². The summed E-state index contributed by atoms with van der Waals surface area (Å²) in [5, 5.41) is 3.47. The normalized spacial score (nSPS) is 12.5. The van der Waals surface area contributed by atoms with Crippen LogP contribution in [0.1, 0.15) is 58.0 Å². The molecule has 96 valence electrons. The van der Waals surface area contributed by atoms with Crippen molar-refractivity contribution in [2.24, 2.45) is 0 Å². The van der Waals surface area contributed by atoms with E-state index in [4.69, 9.17) is 0 Å². The second-order valence-electron chi connectivity index (χ2n) is 4.69. The smallest absolute Gasteiger partial charge is 0.130 e. The molecular weight excluding hydrogens is 210 g/mol. The van der Waals surface area contributed by atoms with E-state index >= 15 is 0 Å². The second-order valence-corrected chi connectivity index (χ2v) is 4.69. The molecule has 1 unspecified atom stereocenters. The van der Waals surface area contributed by atoms with E-state index in [1.165, 1.54) is 25.7 Å². The van der Waals surface area contributed by atoms with Crippen LogP contribution in [-0.4, -0.2) is 16.0 Å². The molecule has 0 aliphatic heterocycles. The van der Waals surface area contributed by atoms with Gasteiger partial charge in [-0.25, -0.2) is 9.97 Å². The lowest BCUT2D eigenvalue weighted by atomic mass is 10.1. The lowest BCUT2D eigenvalue weighted by Crippen LogP contribution is -2.16. The Morgan fingerprint density at radius 3 is 2.65 bits per heavy atom. The Balaban J connectivity index is 2.52. The third-order valence-corrected chi connectivity index (χ3v) is 2.89. The average molecular weight is 235 g/mol. The van der Waals surface area contributed by atoms with Gasteiger partial charge in [-0.3, -0.25) is 0 Å². The summed E-state index contributed by atoms with van der Waals surface area (Å²) in [5.41, 5.74) is 1.11. The van der Waals surface area contributed by atoms with Crippen molar-refractivity contribution < 1.29 is 0 Å². The zero-order chi connectivity index (χ0) is 12.7. The molecule has 0 fully saturated rings. The predicted molar refractivity (Wildman–Crippen MR) is 73.4 cm³/mol. The molecule has 1 N–H and O–H groups in total. The maximum absolute atomic E-state index is 4.43. The Hall–Kier alpha value is -1.12. The van der Waals surface area contributed by atoms with E-state index in [0.717, 1.165) is 23.8 Å². The minimum absolute atomic E-state index is 0.487. The van der Waals surface area contributed by atoms with Gasteiger partial charge in [0.05, 0.1) is 0 Å². The van der Waals surface area contributed by atoms with Crippen LogP contribution in [0.25, 0.3) is 0 Å². The van der Waals surface area contributed by atoms with Gasteiger partial charge >= 0.3 is 0 Å². The number of hydrogen-bond donors (Lipinski definition) is 1. The molecule has 1 aromatic heterocycles. The Kier molecular flexibility index (Phi) is 5.95. The van der Waals surface area contributed by atoms with E-state index in [1.807, 2.05) is 6.92 Å². The quantitative estimate of drug-likeness (QED) is 0.732. The minimum Gasteiger partial charge on any atom is -0.368 e. The molecule has 0 amide bonds. The van der Waals surface area contributed by atoms with Gasteiger partial charge in [0.1, 0.15) is 11.6 Å². The van der Waals surface area contributed by atoms with E-state index in [-0.39, 0.29) is 0 Å². The van der Waals surface area contributed by atoms with Crippen LogP contribution in [0.2, 0.25) is 0 Å². The summed E-state index contributed by atoms with van der Waals surface area (Å²) in [4.78, 5) is 8.81. The van der Waals surface area contributed by atoms with Crippen molar-refractivity contribution in [1.82, 2.24) is 9.97 Å². The van der Waals surface area contributed by atoms with E-state index < -0.39 is 0 Å². The van der Waals surface area contributed by atoms with Crippen molar-refractivity contribution in [3.05, 3.63) is 17.6 Å². The first kappa shape index (κ1) is 13.9. The SMILES string of the molecule is CCCCCC(C)Nc1cc(CC)nc(C)n1. The van der Waals surface area contributed by atoms with E-state index in [1.54, 1.807) is 0 Å². The van der Waals surface area contributed by atoms with Gasteiger partial charge in [0.2, 0.25) is 0 Å². The van der Waals surface area contributed by atoms with Crippen LogP contribution in [0.3, 0.4) is 0 Å². The van der Waals surface area contributed by atoms with Crippen LogP contribution in [0.5, 0.6) is 0 Å². The van der Waals surface area contributed by atoms with Gasteiger partial charge < -0.3 is 5.32 Å². The third-order valence-electron chi connectivity index (χ3n) is 2.89. The molecule has 0 saturated heterocycles. The molecule has 1 aromatic rings. The lowest BCUT2D eigenvalue weighted by molar-refractivity contribution is 0.613. The summed E-state index contributed by atoms with van der Waals surface area (Å²) >= 11 is 0. The highest BCUT2D eigenvalue weighted by molar-refractivity contribution is 5.36. The highest BCUT2D eigenvalue weighted by atomic mass is 15.0. The fourth-order valence-electron chi connectivity index (χ4n) is 1.91. The number of nitrogens with one attached hydrogen (secondary N) is 1. The molecule has 0 spiro atoms. The molecule has 1 atom stereocenters. The second kappa shape index (κ2) is 7.25. The Bertz CT molecular complexity index is 336. The molecule has 0 radical (unpaired) electrons. The standard InChI is InChI=1S/C14H25N3/c1-5-7-8-9-11(3)15-14-10-13(6-2)16-12(4)17-14/h10-11H,5-9H2,1-4H3,(H,15,16,17). The molecule has 3 nitrogen and oxygen atoms in total. The molecule has 0 aromatic carbocycles. The van der Waals surface area contributed by atoms with E-state index in [9.17, 15) is 0 Å². The van der Waals surface area contributed by atoms with Crippen LogP contribution >= 0.6 is 0 Å². The molecule has 0 saturated carbocycles. The summed E-state index contributed by atoms with van der Waals surface area (Å²) in [7, 11) is 0. The van der Waals surface area contributed by atoms with Gasteiger partial charge in [-0.1, -0.05) is 33.1 Å². The topological polar surface area (TPSA) is 37.8 Å². The van der Waals surface area contributed by atoms with Crippen molar-refractivity contribution in [3.63, 3.8) is 0 Å². The first-order chi connectivity index (χ1) is 8.15. The van der Waals surface area contributed by atoms with Gasteiger partial charge in [0.15, 0.2) is 0 Å². The van der Waals surface area contributed by atoms with Gasteiger partial charge in [0.25, 0.3) is 0 Å². The van der Waals surface area contributed by atoms with Gasteiger partial charge in [-0.05, 0) is 26.7 Å². The number of rotatable bonds is 7. The number of anilines is 1. The molecule has 0 bridgehead atoms. The van der Waals surface area contributed by atoms with Crippen LogP contribution in [-0.2, 0) is 6.42 Å². The van der Waals surface area contributed by atoms with Gasteiger partial charge in [-0.15, -0.1) is 0 Å². The highest BCUT2D eigenvalue weighted by Gasteiger charge is 2.05. The monoisotopic (exact) mass is 235 g/mol. The number of aryl methyl sites for hydroxylation is 2. The molecule has 1 heterocycles. The summed E-state index contributed by atoms with van der Waals surface area (Å²) < 4.78 is 0. The zero-order valence-electron chi connectivity index (χ0n) is 11.6. The number of hydrogen-bond acceptors (Lipinski definition) is 3. The largest absolute Gasteiger partial charge is 0.368 e. The Morgan fingerprint density at radius 2 is 2.00 bits per heavy atom. The Morgan fingerprint density at radius 1 is 1.24 bits per heavy atom. The first-order valence-corrected chi connectivity index (χ1v) is 6.76. The lowest BCUT2D eigenvalue weighted by Gasteiger charge is -2.15. The van der Waals surface area contributed by atoms with Crippen molar-refractivity contribution >= 4 is 5.82 Å². The molecule has 0 aliphatic rings. The van der Waals surface area contributed by atoms with Crippen LogP contribution in [0.4, 0.5) is 5.82 Å². The number of aromatic nitrogens is 2. The summed E-state index contributed by atoms with van der Waals surface area (Å²) in [5.74, 6) is 1.82.